The van der Waals surface area contributed by atoms with Crippen molar-refractivity contribution in [3.8, 4) is 0 Å². The van der Waals surface area contributed by atoms with Crippen molar-refractivity contribution >= 4 is 28.4 Å². The number of aromatic nitrogens is 2. The van der Waals surface area contributed by atoms with E-state index in [4.69, 9.17) is 0 Å². The minimum Gasteiger partial charge on any atom is -0.346 e. The topological polar surface area (TPSA) is 78.1 Å². The second kappa shape index (κ2) is 8.76. The highest BCUT2D eigenvalue weighted by atomic mass is 16.2. The number of aryl methyl sites for hydroxylation is 1. The van der Waals surface area contributed by atoms with Gasteiger partial charge < -0.3 is 15.2 Å². The quantitative estimate of drug-likeness (QED) is 0.661. The first-order chi connectivity index (χ1) is 14.9. The number of carbonyl (C=O) groups excluding carboxylic acids is 2. The molecule has 2 aromatic heterocycles. The molecule has 0 radical (unpaired) electrons. The van der Waals surface area contributed by atoms with Crippen LogP contribution in [0.1, 0.15) is 41.8 Å². The largest absolute Gasteiger partial charge is 0.346 e. The molecule has 1 aliphatic rings. The SMILES string of the molecule is Cc1ccc(C(=O)NC(C(=O)N2CC=C(c3c[nH]c4ncccc34)CC2)C(C)C)cc1. The number of hydrogen-bond donors (Lipinski definition) is 2. The first-order valence-electron chi connectivity index (χ1n) is 10.7. The molecule has 6 heteroatoms. The maximum Gasteiger partial charge on any atom is 0.251 e. The van der Waals surface area contributed by atoms with Crippen LogP contribution < -0.4 is 5.32 Å². The number of carbonyl (C=O) groups is 2. The van der Waals surface area contributed by atoms with Crippen LogP contribution in [0.25, 0.3) is 16.6 Å². The molecular formula is C25H28N4O2. The van der Waals surface area contributed by atoms with Crippen molar-refractivity contribution in [1.82, 2.24) is 20.2 Å². The molecular weight excluding hydrogens is 388 g/mol. The second-order valence-corrected chi connectivity index (χ2v) is 8.43. The first-order valence-corrected chi connectivity index (χ1v) is 10.7. The lowest BCUT2D eigenvalue weighted by Gasteiger charge is -2.32. The van der Waals surface area contributed by atoms with Crippen molar-refractivity contribution in [3.63, 3.8) is 0 Å². The highest BCUT2D eigenvalue weighted by Gasteiger charge is 2.30. The molecule has 1 aliphatic heterocycles. The average Bonchev–Trinajstić information content (AvgIpc) is 3.21. The molecule has 0 bridgehead atoms. The van der Waals surface area contributed by atoms with Crippen LogP contribution in [0.2, 0.25) is 0 Å². The molecule has 31 heavy (non-hydrogen) atoms. The van der Waals surface area contributed by atoms with E-state index >= 15 is 0 Å². The smallest absolute Gasteiger partial charge is 0.251 e. The van der Waals surface area contributed by atoms with Gasteiger partial charge in [0.25, 0.3) is 5.91 Å². The number of aromatic amines is 1. The highest BCUT2D eigenvalue weighted by molar-refractivity contribution is 5.98. The van der Waals surface area contributed by atoms with E-state index < -0.39 is 6.04 Å². The van der Waals surface area contributed by atoms with Crippen LogP contribution in [-0.2, 0) is 4.79 Å². The zero-order valence-electron chi connectivity index (χ0n) is 18.2. The van der Waals surface area contributed by atoms with Gasteiger partial charge in [0.05, 0.1) is 0 Å². The molecule has 1 aromatic carbocycles. The van der Waals surface area contributed by atoms with Crippen LogP contribution in [0.5, 0.6) is 0 Å². The Morgan fingerprint density at radius 2 is 1.94 bits per heavy atom. The molecule has 1 atom stereocenters. The summed E-state index contributed by atoms with van der Waals surface area (Å²) in [7, 11) is 0. The number of rotatable bonds is 5. The van der Waals surface area contributed by atoms with Gasteiger partial charge in [0.2, 0.25) is 5.91 Å². The minimum atomic E-state index is -0.555. The van der Waals surface area contributed by atoms with Crippen LogP contribution in [-0.4, -0.2) is 45.8 Å². The van der Waals surface area contributed by atoms with Crippen molar-refractivity contribution in [2.75, 3.05) is 13.1 Å². The Kier molecular flexibility index (Phi) is 5.89. The summed E-state index contributed by atoms with van der Waals surface area (Å²) in [4.78, 5) is 35.3. The van der Waals surface area contributed by atoms with Crippen molar-refractivity contribution in [3.05, 3.63) is 71.6 Å². The Hall–Kier alpha value is -3.41. The van der Waals surface area contributed by atoms with Crippen molar-refractivity contribution in [2.45, 2.75) is 33.2 Å². The van der Waals surface area contributed by atoms with Crippen molar-refractivity contribution in [1.29, 1.82) is 0 Å². The molecule has 160 valence electrons. The number of benzene rings is 1. The number of amides is 2. The number of fused-ring (bicyclic) bond motifs is 1. The molecule has 6 nitrogen and oxygen atoms in total. The van der Waals surface area contributed by atoms with E-state index in [1.54, 1.807) is 18.3 Å². The molecule has 0 spiro atoms. The summed E-state index contributed by atoms with van der Waals surface area (Å²) in [5.74, 6) is -0.259. The Morgan fingerprint density at radius 3 is 2.61 bits per heavy atom. The van der Waals surface area contributed by atoms with Crippen LogP contribution >= 0.6 is 0 Å². The van der Waals surface area contributed by atoms with E-state index in [1.165, 1.54) is 5.57 Å². The van der Waals surface area contributed by atoms with E-state index in [0.29, 0.717) is 18.7 Å². The Labute approximate surface area is 182 Å². The van der Waals surface area contributed by atoms with E-state index in [-0.39, 0.29) is 17.7 Å². The number of hydrogen-bond acceptors (Lipinski definition) is 3. The van der Waals surface area contributed by atoms with Gasteiger partial charge in [0, 0.05) is 42.0 Å². The van der Waals surface area contributed by atoms with Crippen LogP contribution in [0, 0.1) is 12.8 Å². The molecule has 0 aliphatic carbocycles. The van der Waals surface area contributed by atoms with Gasteiger partial charge in [-0.3, -0.25) is 9.59 Å². The van der Waals surface area contributed by atoms with Crippen molar-refractivity contribution in [2.24, 2.45) is 5.92 Å². The normalized spacial score (nSPS) is 15.1. The standard InChI is InChI=1S/C25H28N4O2/c1-16(2)22(28-24(30)19-8-6-17(3)7-9-19)25(31)29-13-10-18(11-14-29)21-15-27-23-20(21)5-4-12-26-23/h4-10,12,15-16,22H,11,13-14H2,1-3H3,(H,26,27)(H,28,30). The van der Waals surface area contributed by atoms with Gasteiger partial charge in [0.15, 0.2) is 0 Å². The summed E-state index contributed by atoms with van der Waals surface area (Å²) in [6.45, 7) is 7.06. The second-order valence-electron chi connectivity index (χ2n) is 8.43. The van der Waals surface area contributed by atoms with Gasteiger partial charge in [-0.05, 0) is 49.1 Å². The summed E-state index contributed by atoms with van der Waals surface area (Å²) in [5, 5.41) is 4.04. The molecule has 1 unspecified atom stereocenters. The van der Waals surface area contributed by atoms with E-state index in [1.807, 2.05) is 50.1 Å². The molecule has 2 amide bonds. The third-order valence-corrected chi connectivity index (χ3v) is 5.85. The molecule has 2 N–H and O–H groups in total. The zero-order valence-corrected chi connectivity index (χ0v) is 18.2. The predicted octanol–water partition coefficient (Wildman–Crippen LogP) is 3.94. The third kappa shape index (κ3) is 4.38. The lowest BCUT2D eigenvalue weighted by Crippen LogP contribution is -2.52. The lowest BCUT2D eigenvalue weighted by molar-refractivity contribution is -0.133. The average molecular weight is 417 g/mol. The highest BCUT2D eigenvalue weighted by Crippen LogP contribution is 2.28. The molecule has 3 aromatic rings. The van der Waals surface area contributed by atoms with Crippen LogP contribution in [0.15, 0.2) is 54.9 Å². The molecule has 0 saturated heterocycles. The summed E-state index contributed by atoms with van der Waals surface area (Å²) >= 11 is 0. The van der Waals surface area contributed by atoms with E-state index in [2.05, 4.69) is 27.4 Å². The number of nitrogens with one attached hydrogen (secondary N) is 2. The fourth-order valence-electron chi connectivity index (χ4n) is 3.98. The molecule has 0 saturated carbocycles. The van der Waals surface area contributed by atoms with E-state index in [0.717, 1.165) is 28.6 Å². The van der Waals surface area contributed by atoms with Gasteiger partial charge in [0.1, 0.15) is 11.7 Å². The molecule has 3 heterocycles. The maximum absolute atomic E-state index is 13.2. The van der Waals surface area contributed by atoms with Gasteiger partial charge in [-0.1, -0.05) is 37.6 Å². The molecule has 0 fully saturated rings. The first kappa shape index (κ1) is 20.8. The fraction of sp³-hybridized carbons (Fsp3) is 0.320. The summed E-state index contributed by atoms with van der Waals surface area (Å²) in [6, 6.07) is 10.8. The van der Waals surface area contributed by atoms with E-state index in [9.17, 15) is 9.59 Å². The minimum absolute atomic E-state index is 0.00744. The Morgan fingerprint density at radius 1 is 1.16 bits per heavy atom. The fourth-order valence-corrected chi connectivity index (χ4v) is 3.98. The number of H-pyrrole nitrogens is 1. The third-order valence-electron chi connectivity index (χ3n) is 5.85. The van der Waals surface area contributed by atoms with Crippen molar-refractivity contribution < 1.29 is 9.59 Å². The predicted molar refractivity (Wildman–Crippen MR) is 123 cm³/mol. The summed E-state index contributed by atoms with van der Waals surface area (Å²) < 4.78 is 0. The van der Waals surface area contributed by atoms with Crippen LogP contribution in [0.4, 0.5) is 0 Å². The molecule has 4 rings (SSSR count). The Balaban J connectivity index is 1.46. The summed E-state index contributed by atoms with van der Waals surface area (Å²) in [5.41, 5.74) is 4.89. The monoisotopic (exact) mass is 416 g/mol. The van der Waals surface area contributed by atoms with Crippen LogP contribution in [0.3, 0.4) is 0 Å². The maximum atomic E-state index is 13.2. The van der Waals surface area contributed by atoms with Gasteiger partial charge in [-0.2, -0.15) is 0 Å². The lowest BCUT2D eigenvalue weighted by atomic mass is 9.97. The zero-order chi connectivity index (χ0) is 22.0. The van der Waals surface area contributed by atoms with Gasteiger partial charge in [-0.15, -0.1) is 0 Å². The summed E-state index contributed by atoms with van der Waals surface area (Å²) in [6.07, 6.45) is 6.63. The van der Waals surface area contributed by atoms with Gasteiger partial charge >= 0.3 is 0 Å². The van der Waals surface area contributed by atoms with Gasteiger partial charge in [-0.25, -0.2) is 4.98 Å². The number of nitrogens with zero attached hydrogens (tertiary/aromatic N) is 2. The number of pyridine rings is 1. The Bertz CT molecular complexity index is 1130.